The van der Waals surface area contributed by atoms with Gasteiger partial charge in [-0.3, -0.25) is 0 Å². The second-order valence-corrected chi connectivity index (χ2v) is 4.52. The average molecular weight is 263 g/mol. The lowest BCUT2D eigenvalue weighted by Gasteiger charge is -2.17. The minimum Gasteiger partial charge on any atom is -0.340 e. The molecule has 0 radical (unpaired) electrons. The standard InChI is InChI=1S/C13H15ClN4/c1-18(13-16-7-12(14)8-17-13)9-11-4-2-3-10(5-11)6-15/h2-5,7-8H,6,9,15H2,1H3. The Morgan fingerprint density at radius 3 is 2.56 bits per heavy atom. The van der Waals surface area contributed by atoms with Crippen molar-refractivity contribution in [2.45, 2.75) is 13.1 Å². The van der Waals surface area contributed by atoms with Crippen molar-refractivity contribution in [2.75, 3.05) is 11.9 Å². The molecule has 0 amide bonds. The first-order chi connectivity index (χ1) is 8.69. The summed E-state index contributed by atoms with van der Waals surface area (Å²) in [5, 5.41) is 0.539. The molecule has 0 saturated heterocycles. The molecule has 0 spiro atoms. The summed E-state index contributed by atoms with van der Waals surface area (Å²) in [7, 11) is 1.94. The molecule has 0 bridgehead atoms. The number of aromatic nitrogens is 2. The quantitative estimate of drug-likeness (QED) is 0.918. The Balaban J connectivity index is 2.10. The summed E-state index contributed by atoms with van der Waals surface area (Å²) in [5.74, 6) is 0.651. The summed E-state index contributed by atoms with van der Waals surface area (Å²) in [6, 6.07) is 8.17. The maximum absolute atomic E-state index is 5.76. The predicted molar refractivity (Wildman–Crippen MR) is 73.5 cm³/mol. The summed E-state index contributed by atoms with van der Waals surface area (Å²) in [5.41, 5.74) is 7.93. The topological polar surface area (TPSA) is 55.0 Å². The number of nitrogens with two attached hydrogens (primary N) is 1. The van der Waals surface area contributed by atoms with Crippen LogP contribution in [0.3, 0.4) is 0 Å². The Labute approximate surface area is 111 Å². The van der Waals surface area contributed by atoms with Gasteiger partial charge in [-0.1, -0.05) is 35.9 Å². The lowest BCUT2D eigenvalue weighted by atomic mass is 10.1. The fourth-order valence-corrected chi connectivity index (χ4v) is 1.80. The van der Waals surface area contributed by atoms with E-state index in [1.54, 1.807) is 12.4 Å². The average Bonchev–Trinajstić information content (AvgIpc) is 2.39. The molecule has 18 heavy (non-hydrogen) atoms. The lowest BCUT2D eigenvalue weighted by molar-refractivity contribution is 0.863. The van der Waals surface area contributed by atoms with Crippen molar-refractivity contribution in [3.05, 3.63) is 52.8 Å². The number of hydrogen-bond acceptors (Lipinski definition) is 4. The molecule has 0 aliphatic heterocycles. The van der Waals surface area contributed by atoms with Gasteiger partial charge in [-0.2, -0.15) is 0 Å². The lowest BCUT2D eigenvalue weighted by Crippen LogP contribution is -2.19. The van der Waals surface area contributed by atoms with Gasteiger partial charge in [0, 0.05) is 20.1 Å². The number of benzene rings is 1. The van der Waals surface area contributed by atoms with Crippen LogP contribution in [0.25, 0.3) is 0 Å². The first-order valence-corrected chi connectivity index (χ1v) is 6.03. The summed E-state index contributed by atoms with van der Waals surface area (Å²) in [4.78, 5) is 10.3. The van der Waals surface area contributed by atoms with E-state index in [-0.39, 0.29) is 0 Å². The van der Waals surface area contributed by atoms with Crippen LogP contribution in [0.1, 0.15) is 11.1 Å². The third-order valence-electron chi connectivity index (χ3n) is 2.59. The van der Waals surface area contributed by atoms with Crippen LogP contribution in [0.5, 0.6) is 0 Å². The minimum atomic E-state index is 0.539. The van der Waals surface area contributed by atoms with Crippen LogP contribution in [0.15, 0.2) is 36.7 Å². The maximum atomic E-state index is 5.76. The zero-order chi connectivity index (χ0) is 13.0. The number of halogens is 1. The molecular weight excluding hydrogens is 248 g/mol. The fourth-order valence-electron chi connectivity index (χ4n) is 1.70. The predicted octanol–water partition coefficient (Wildman–Crippen LogP) is 2.23. The molecule has 5 heteroatoms. The van der Waals surface area contributed by atoms with E-state index in [1.807, 2.05) is 24.1 Å². The van der Waals surface area contributed by atoms with Gasteiger partial charge in [-0.25, -0.2) is 9.97 Å². The first-order valence-electron chi connectivity index (χ1n) is 5.65. The van der Waals surface area contributed by atoms with Gasteiger partial charge in [0.05, 0.1) is 17.4 Å². The summed E-state index contributed by atoms with van der Waals surface area (Å²) in [6.07, 6.45) is 3.19. The van der Waals surface area contributed by atoms with Gasteiger partial charge in [0.2, 0.25) is 5.95 Å². The molecule has 1 heterocycles. The van der Waals surface area contributed by atoms with Gasteiger partial charge in [-0.15, -0.1) is 0 Å². The van der Waals surface area contributed by atoms with Gasteiger partial charge in [0.1, 0.15) is 0 Å². The Hall–Kier alpha value is -1.65. The number of nitrogens with zero attached hydrogens (tertiary/aromatic N) is 3. The van der Waals surface area contributed by atoms with E-state index in [4.69, 9.17) is 17.3 Å². The highest BCUT2D eigenvalue weighted by molar-refractivity contribution is 6.30. The van der Waals surface area contributed by atoms with Gasteiger partial charge in [0.15, 0.2) is 0 Å². The molecule has 2 rings (SSSR count). The van der Waals surface area contributed by atoms with Gasteiger partial charge in [0.25, 0.3) is 0 Å². The van der Waals surface area contributed by atoms with E-state index in [0.717, 1.165) is 12.1 Å². The highest BCUT2D eigenvalue weighted by Gasteiger charge is 2.05. The van der Waals surface area contributed by atoms with Crippen LogP contribution in [0.2, 0.25) is 5.02 Å². The van der Waals surface area contributed by atoms with E-state index in [0.29, 0.717) is 17.5 Å². The van der Waals surface area contributed by atoms with Gasteiger partial charge < -0.3 is 10.6 Å². The molecule has 0 saturated carbocycles. The first kappa shape index (κ1) is 12.8. The summed E-state index contributed by atoms with van der Waals surface area (Å²) < 4.78 is 0. The van der Waals surface area contributed by atoms with E-state index in [1.165, 1.54) is 5.56 Å². The monoisotopic (exact) mass is 262 g/mol. The van der Waals surface area contributed by atoms with Crippen LogP contribution in [-0.2, 0) is 13.1 Å². The molecule has 0 unspecified atom stereocenters. The summed E-state index contributed by atoms with van der Waals surface area (Å²) >= 11 is 5.76. The van der Waals surface area contributed by atoms with E-state index in [9.17, 15) is 0 Å². The van der Waals surface area contributed by atoms with Gasteiger partial charge in [-0.05, 0) is 11.1 Å². The molecule has 4 nitrogen and oxygen atoms in total. The Morgan fingerprint density at radius 1 is 1.22 bits per heavy atom. The van der Waals surface area contributed by atoms with Crippen molar-refractivity contribution in [3.8, 4) is 0 Å². The van der Waals surface area contributed by atoms with Crippen molar-refractivity contribution < 1.29 is 0 Å². The number of hydrogen-bond donors (Lipinski definition) is 1. The Morgan fingerprint density at radius 2 is 1.89 bits per heavy atom. The molecule has 0 fully saturated rings. The third-order valence-corrected chi connectivity index (χ3v) is 2.79. The van der Waals surface area contributed by atoms with Crippen molar-refractivity contribution in [1.29, 1.82) is 0 Å². The van der Waals surface area contributed by atoms with E-state index >= 15 is 0 Å². The largest absolute Gasteiger partial charge is 0.340 e. The zero-order valence-corrected chi connectivity index (χ0v) is 10.9. The molecule has 0 aliphatic rings. The molecule has 2 N–H and O–H groups in total. The van der Waals surface area contributed by atoms with Crippen LogP contribution in [0.4, 0.5) is 5.95 Å². The van der Waals surface area contributed by atoms with Crippen molar-refractivity contribution in [1.82, 2.24) is 9.97 Å². The molecule has 0 aliphatic carbocycles. The highest BCUT2D eigenvalue weighted by Crippen LogP contribution is 2.13. The molecule has 1 aromatic heterocycles. The van der Waals surface area contributed by atoms with Crippen LogP contribution in [-0.4, -0.2) is 17.0 Å². The number of anilines is 1. The van der Waals surface area contributed by atoms with Crippen molar-refractivity contribution in [2.24, 2.45) is 5.73 Å². The maximum Gasteiger partial charge on any atom is 0.225 e. The van der Waals surface area contributed by atoms with Crippen LogP contribution >= 0.6 is 11.6 Å². The van der Waals surface area contributed by atoms with E-state index in [2.05, 4.69) is 22.1 Å². The molecule has 1 aromatic carbocycles. The second-order valence-electron chi connectivity index (χ2n) is 4.08. The minimum absolute atomic E-state index is 0.539. The molecule has 94 valence electrons. The Kier molecular flexibility index (Phi) is 4.12. The number of rotatable bonds is 4. The second kappa shape index (κ2) is 5.80. The SMILES string of the molecule is CN(Cc1cccc(CN)c1)c1ncc(Cl)cn1. The Bertz CT molecular complexity index is 513. The van der Waals surface area contributed by atoms with Gasteiger partial charge >= 0.3 is 0 Å². The summed E-state index contributed by atoms with van der Waals surface area (Å²) in [6.45, 7) is 1.28. The molecule has 2 aromatic rings. The molecule has 0 atom stereocenters. The molecular formula is C13H15ClN4. The smallest absolute Gasteiger partial charge is 0.225 e. The normalized spacial score (nSPS) is 10.4. The third kappa shape index (κ3) is 3.18. The van der Waals surface area contributed by atoms with E-state index < -0.39 is 0 Å². The van der Waals surface area contributed by atoms with Crippen LogP contribution < -0.4 is 10.6 Å². The van der Waals surface area contributed by atoms with Crippen molar-refractivity contribution in [3.63, 3.8) is 0 Å². The highest BCUT2D eigenvalue weighted by atomic mass is 35.5. The zero-order valence-electron chi connectivity index (χ0n) is 10.2. The van der Waals surface area contributed by atoms with Crippen LogP contribution in [0, 0.1) is 0 Å². The fraction of sp³-hybridized carbons (Fsp3) is 0.231. The van der Waals surface area contributed by atoms with Crippen molar-refractivity contribution >= 4 is 17.5 Å².